The van der Waals surface area contributed by atoms with E-state index in [9.17, 15) is 8.42 Å². The van der Waals surface area contributed by atoms with Gasteiger partial charge in [0.25, 0.3) is 10.1 Å². The van der Waals surface area contributed by atoms with Crippen molar-refractivity contribution in [2.24, 2.45) is 0 Å². The second-order valence-electron chi connectivity index (χ2n) is 6.09. The predicted molar refractivity (Wildman–Crippen MR) is 95.4 cm³/mol. The van der Waals surface area contributed by atoms with Crippen molar-refractivity contribution in [3.8, 4) is 22.3 Å². The Morgan fingerprint density at radius 2 is 1.46 bits per heavy atom. The molecule has 0 bridgehead atoms. The second-order valence-corrected chi connectivity index (χ2v) is 7.54. The van der Waals surface area contributed by atoms with E-state index in [4.69, 9.17) is 4.55 Å². The molecule has 0 saturated heterocycles. The van der Waals surface area contributed by atoms with Crippen LogP contribution in [0.3, 0.4) is 0 Å². The first kappa shape index (κ1) is 15.1. The molecular weight excluding hydrogens is 320 g/mol. The highest BCUT2D eigenvalue weighted by Gasteiger charge is 2.20. The van der Waals surface area contributed by atoms with Crippen LogP contribution in [0.25, 0.3) is 22.3 Å². The maximum Gasteiger partial charge on any atom is 0.269 e. The molecule has 0 amide bonds. The van der Waals surface area contributed by atoms with Gasteiger partial charge in [-0.1, -0.05) is 66.7 Å². The first-order valence-electron chi connectivity index (χ1n) is 7.76. The summed E-state index contributed by atoms with van der Waals surface area (Å²) in [7, 11) is -4.00. The van der Waals surface area contributed by atoms with Crippen LogP contribution in [-0.2, 0) is 22.3 Å². The third-order valence-electron chi connectivity index (χ3n) is 4.46. The topological polar surface area (TPSA) is 54.4 Å². The summed E-state index contributed by atoms with van der Waals surface area (Å²) in [5.74, 6) is -0.356. The summed E-state index contributed by atoms with van der Waals surface area (Å²) in [6.07, 6.45) is 0.911. The monoisotopic (exact) mass is 336 g/mol. The van der Waals surface area contributed by atoms with Crippen molar-refractivity contribution < 1.29 is 13.0 Å². The zero-order valence-electron chi connectivity index (χ0n) is 12.9. The van der Waals surface area contributed by atoms with Gasteiger partial charge in [-0.05, 0) is 45.4 Å². The molecule has 3 aromatic carbocycles. The first-order chi connectivity index (χ1) is 11.5. The molecule has 1 N–H and O–H groups in total. The van der Waals surface area contributed by atoms with E-state index in [0.717, 1.165) is 12.0 Å². The Balaban J connectivity index is 1.74. The summed E-state index contributed by atoms with van der Waals surface area (Å²) >= 11 is 0. The summed E-state index contributed by atoms with van der Waals surface area (Å²) in [4.78, 5) is 0. The minimum Gasteiger partial charge on any atom is -0.285 e. The lowest BCUT2D eigenvalue weighted by Crippen LogP contribution is -2.01. The highest BCUT2D eigenvalue weighted by Crippen LogP contribution is 2.41. The quantitative estimate of drug-likeness (QED) is 0.567. The Morgan fingerprint density at radius 3 is 2.21 bits per heavy atom. The maximum atomic E-state index is 11.0. The van der Waals surface area contributed by atoms with Gasteiger partial charge in [0.2, 0.25) is 0 Å². The molecule has 0 fully saturated rings. The highest BCUT2D eigenvalue weighted by molar-refractivity contribution is 7.85. The average molecular weight is 336 g/mol. The molecular formula is C20H16O3S. The van der Waals surface area contributed by atoms with Crippen molar-refractivity contribution in [3.05, 3.63) is 83.4 Å². The summed E-state index contributed by atoms with van der Waals surface area (Å²) in [6, 6.07) is 22.1. The number of fused-ring (bicyclic) bond motifs is 3. The van der Waals surface area contributed by atoms with E-state index in [1.54, 1.807) is 12.1 Å². The van der Waals surface area contributed by atoms with Crippen molar-refractivity contribution in [2.45, 2.75) is 12.2 Å². The number of rotatable bonds is 3. The lowest BCUT2D eigenvalue weighted by atomic mass is 9.95. The van der Waals surface area contributed by atoms with Gasteiger partial charge in [-0.25, -0.2) is 0 Å². The second kappa shape index (κ2) is 5.58. The lowest BCUT2D eigenvalue weighted by Gasteiger charge is -2.09. The van der Waals surface area contributed by atoms with Crippen LogP contribution in [0.15, 0.2) is 66.7 Å². The van der Waals surface area contributed by atoms with Crippen molar-refractivity contribution in [1.82, 2.24) is 0 Å². The van der Waals surface area contributed by atoms with Crippen LogP contribution < -0.4 is 0 Å². The molecule has 0 aromatic heterocycles. The van der Waals surface area contributed by atoms with Crippen LogP contribution in [0.5, 0.6) is 0 Å². The molecule has 120 valence electrons. The van der Waals surface area contributed by atoms with Gasteiger partial charge in [-0.3, -0.25) is 4.55 Å². The largest absolute Gasteiger partial charge is 0.285 e. The van der Waals surface area contributed by atoms with E-state index in [1.807, 2.05) is 12.1 Å². The molecule has 0 unspecified atom stereocenters. The van der Waals surface area contributed by atoms with Crippen LogP contribution in [-0.4, -0.2) is 13.0 Å². The van der Waals surface area contributed by atoms with Gasteiger partial charge in [0.15, 0.2) is 0 Å². The summed E-state index contributed by atoms with van der Waals surface area (Å²) in [5, 5.41) is 0. The van der Waals surface area contributed by atoms with E-state index in [-0.39, 0.29) is 5.75 Å². The van der Waals surface area contributed by atoms with Gasteiger partial charge in [-0.15, -0.1) is 0 Å². The minimum absolute atomic E-state index is 0.356. The Hall–Kier alpha value is -2.43. The van der Waals surface area contributed by atoms with Crippen molar-refractivity contribution in [1.29, 1.82) is 0 Å². The molecule has 0 aliphatic heterocycles. The molecule has 0 atom stereocenters. The molecule has 0 heterocycles. The Morgan fingerprint density at radius 1 is 0.792 bits per heavy atom. The van der Waals surface area contributed by atoms with Crippen LogP contribution in [0, 0.1) is 0 Å². The van der Waals surface area contributed by atoms with E-state index < -0.39 is 10.1 Å². The molecule has 1 aliphatic rings. The van der Waals surface area contributed by atoms with Gasteiger partial charge >= 0.3 is 0 Å². The molecule has 0 spiro atoms. The molecule has 0 saturated carbocycles. The zero-order valence-corrected chi connectivity index (χ0v) is 13.8. The third kappa shape index (κ3) is 2.75. The lowest BCUT2D eigenvalue weighted by molar-refractivity contribution is 0.482. The van der Waals surface area contributed by atoms with Gasteiger partial charge < -0.3 is 0 Å². The predicted octanol–water partition coefficient (Wildman–Crippen LogP) is 4.31. The van der Waals surface area contributed by atoms with Crippen LogP contribution >= 0.6 is 0 Å². The molecule has 4 heteroatoms. The highest BCUT2D eigenvalue weighted by atomic mass is 32.2. The fourth-order valence-electron chi connectivity index (χ4n) is 3.42. The molecule has 3 aromatic rings. The maximum absolute atomic E-state index is 11.0. The summed E-state index contributed by atoms with van der Waals surface area (Å²) in [6.45, 7) is 0. The average Bonchev–Trinajstić information content (AvgIpc) is 2.93. The molecule has 24 heavy (non-hydrogen) atoms. The molecule has 0 radical (unpaired) electrons. The smallest absolute Gasteiger partial charge is 0.269 e. The van der Waals surface area contributed by atoms with E-state index in [2.05, 4.69) is 42.5 Å². The van der Waals surface area contributed by atoms with E-state index in [0.29, 0.717) is 5.56 Å². The van der Waals surface area contributed by atoms with E-state index >= 15 is 0 Å². The van der Waals surface area contributed by atoms with E-state index in [1.165, 1.54) is 27.8 Å². The number of benzene rings is 3. The molecule has 3 nitrogen and oxygen atoms in total. The number of hydrogen-bond acceptors (Lipinski definition) is 2. The van der Waals surface area contributed by atoms with Crippen LogP contribution in [0.1, 0.15) is 16.7 Å². The molecule has 1 aliphatic carbocycles. The Kier molecular flexibility index (Phi) is 3.52. The minimum atomic E-state index is -4.00. The van der Waals surface area contributed by atoms with Crippen LogP contribution in [0.2, 0.25) is 0 Å². The molecule has 4 rings (SSSR count). The number of hydrogen-bond donors (Lipinski definition) is 1. The standard InChI is InChI=1S/C20H16O3S/c21-24(22,23)13-14-8-10-15(11-9-14)17-6-3-7-19-18-5-2-1-4-16(18)12-20(17)19/h1-11H,12-13H2,(H,21,22,23). The van der Waals surface area contributed by atoms with Crippen molar-refractivity contribution >= 4 is 10.1 Å². The first-order valence-corrected chi connectivity index (χ1v) is 9.37. The third-order valence-corrected chi connectivity index (χ3v) is 5.16. The SMILES string of the molecule is O=S(=O)(O)Cc1ccc(-c2cccc3c2Cc2ccccc2-3)cc1. The summed E-state index contributed by atoms with van der Waals surface area (Å²) < 4.78 is 30.9. The van der Waals surface area contributed by atoms with Crippen molar-refractivity contribution in [2.75, 3.05) is 0 Å². The normalized spacial score (nSPS) is 12.7. The van der Waals surface area contributed by atoms with Gasteiger partial charge in [0.1, 0.15) is 5.75 Å². The Labute approximate surface area is 141 Å². The van der Waals surface area contributed by atoms with Gasteiger partial charge in [0.05, 0.1) is 0 Å². The van der Waals surface area contributed by atoms with Gasteiger partial charge in [-0.2, -0.15) is 8.42 Å². The van der Waals surface area contributed by atoms with Crippen molar-refractivity contribution in [3.63, 3.8) is 0 Å². The van der Waals surface area contributed by atoms with Crippen LogP contribution in [0.4, 0.5) is 0 Å². The summed E-state index contributed by atoms with van der Waals surface area (Å²) in [5.41, 5.74) is 8.00. The zero-order chi connectivity index (χ0) is 16.7. The fraction of sp³-hybridized carbons (Fsp3) is 0.100. The fourth-order valence-corrected chi connectivity index (χ4v) is 4.03. The van der Waals surface area contributed by atoms with Gasteiger partial charge in [0, 0.05) is 0 Å². The Bertz CT molecular complexity index is 1020.